The van der Waals surface area contributed by atoms with E-state index in [-0.39, 0.29) is 11.9 Å². The van der Waals surface area contributed by atoms with Gasteiger partial charge in [-0.05, 0) is 40.9 Å². The molecule has 0 aliphatic carbocycles. The van der Waals surface area contributed by atoms with Gasteiger partial charge in [-0.1, -0.05) is 0 Å². The quantitative estimate of drug-likeness (QED) is 0.906. The standard InChI is InChI=1S/C14H15BrN4O/c15-10-2-4-19-8-12(16-5-13(10)19)14(20)17-11-7-18-3-1-9(11)6-18/h2,4-5,8-9,11H,1,3,6-7H2,(H,17,20)/t9-,11?/m0/s1. The van der Waals surface area contributed by atoms with Gasteiger partial charge in [-0.2, -0.15) is 0 Å². The second-order valence-electron chi connectivity index (χ2n) is 5.62. The molecular formula is C14H15BrN4O. The molecule has 0 saturated carbocycles. The smallest absolute Gasteiger partial charge is 0.271 e. The maximum Gasteiger partial charge on any atom is 0.271 e. The molecular weight excluding hydrogens is 320 g/mol. The van der Waals surface area contributed by atoms with Crippen LogP contribution < -0.4 is 5.32 Å². The number of aromatic nitrogens is 2. The van der Waals surface area contributed by atoms with Crippen LogP contribution in [-0.4, -0.2) is 45.9 Å². The fourth-order valence-electron chi connectivity index (χ4n) is 3.28. The Bertz CT molecular complexity index is 683. The topological polar surface area (TPSA) is 49.6 Å². The third-order valence-corrected chi connectivity index (χ3v) is 5.04. The lowest BCUT2D eigenvalue weighted by molar-refractivity contribution is 0.0919. The van der Waals surface area contributed by atoms with Gasteiger partial charge >= 0.3 is 0 Å². The molecule has 4 heterocycles. The van der Waals surface area contributed by atoms with Gasteiger partial charge in [-0.15, -0.1) is 0 Å². The number of piperidine rings is 1. The lowest BCUT2D eigenvalue weighted by Gasteiger charge is -2.22. The first-order valence-corrected chi connectivity index (χ1v) is 7.65. The minimum atomic E-state index is -0.0736. The average molecular weight is 335 g/mol. The normalized spacial score (nSPS) is 28.1. The fourth-order valence-corrected chi connectivity index (χ4v) is 3.70. The van der Waals surface area contributed by atoms with Gasteiger partial charge in [0.1, 0.15) is 5.69 Å². The van der Waals surface area contributed by atoms with Crippen LogP contribution in [0.15, 0.2) is 29.1 Å². The molecule has 20 heavy (non-hydrogen) atoms. The Morgan fingerprint density at radius 2 is 2.35 bits per heavy atom. The van der Waals surface area contributed by atoms with Gasteiger partial charge in [0.05, 0.1) is 11.7 Å². The monoisotopic (exact) mass is 334 g/mol. The highest BCUT2D eigenvalue weighted by Crippen LogP contribution is 2.27. The van der Waals surface area contributed by atoms with Crippen molar-refractivity contribution in [3.05, 3.63) is 34.8 Å². The average Bonchev–Trinajstić information content (AvgIpc) is 3.14. The number of amides is 1. The summed E-state index contributed by atoms with van der Waals surface area (Å²) in [7, 11) is 0. The lowest BCUT2D eigenvalue weighted by atomic mass is 10.00. The molecule has 2 bridgehead atoms. The maximum absolute atomic E-state index is 12.3. The van der Waals surface area contributed by atoms with E-state index in [9.17, 15) is 4.79 Å². The van der Waals surface area contributed by atoms with E-state index in [1.54, 1.807) is 12.4 Å². The maximum atomic E-state index is 12.3. The molecule has 3 atom stereocenters. The molecule has 0 spiro atoms. The molecule has 0 radical (unpaired) electrons. The van der Waals surface area contributed by atoms with E-state index in [4.69, 9.17) is 0 Å². The number of nitrogens with one attached hydrogen (secondary N) is 1. The third kappa shape index (κ3) is 1.94. The van der Waals surface area contributed by atoms with Crippen LogP contribution in [0.2, 0.25) is 0 Å². The van der Waals surface area contributed by atoms with Crippen LogP contribution in [0.4, 0.5) is 0 Å². The van der Waals surface area contributed by atoms with Crippen molar-refractivity contribution in [2.75, 3.05) is 19.6 Å². The summed E-state index contributed by atoms with van der Waals surface area (Å²) in [6.07, 6.45) is 6.62. The Morgan fingerprint density at radius 3 is 3.10 bits per heavy atom. The van der Waals surface area contributed by atoms with Gasteiger partial charge < -0.3 is 14.6 Å². The summed E-state index contributed by atoms with van der Waals surface area (Å²) in [5.41, 5.74) is 1.44. The summed E-state index contributed by atoms with van der Waals surface area (Å²) in [4.78, 5) is 19.0. The van der Waals surface area contributed by atoms with E-state index in [0.29, 0.717) is 11.6 Å². The molecule has 2 fully saturated rings. The first-order chi connectivity index (χ1) is 9.70. The van der Waals surface area contributed by atoms with Gasteiger partial charge in [-0.25, -0.2) is 4.98 Å². The largest absolute Gasteiger partial charge is 0.346 e. The van der Waals surface area contributed by atoms with Crippen LogP contribution in [0.3, 0.4) is 0 Å². The highest BCUT2D eigenvalue weighted by atomic mass is 79.9. The Kier molecular flexibility index (Phi) is 2.82. The molecule has 2 aliphatic rings. The number of hydrogen-bond acceptors (Lipinski definition) is 3. The van der Waals surface area contributed by atoms with Crippen molar-refractivity contribution in [3.63, 3.8) is 0 Å². The second kappa shape index (κ2) is 4.56. The van der Waals surface area contributed by atoms with Crippen molar-refractivity contribution in [3.8, 4) is 0 Å². The van der Waals surface area contributed by atoms with E-state index in [2.05, 4.69) is 31.1 Å². The van der Waals surface area contributed by atoms with Gasteiger partial charge in [0, 0.05) is 36.0 Å². The minimum absolute atomic E-state index is 0.0736. The van der Waals surface area contributed by atoms with Gasteiger partial charge in [0.15, 0.2) is 0 Å². The predicted molar refractivity (Wildman–Crippen MR) is 78.7 cm³/mol. The SMILES string of the molecule is O=C(NC1CN2CC[C@H]1C2)c1cn2ccc(Br)c2cn1. The molecule has 4 rings (SSSR count). The summed E-state index contributed by atoms with van der Waals surface area (Å²) in [6.45, 7) is 3.29. The van der Waals surface area contributed by atoms with Crippen molar-refractivity contribution >= 4 is 27.4 Å². The molecule has 2 unspecified atom stereocenters. The molecule has 2 aromatic rings. The molecule has 2 aromatic heterocycles. The third-order valence-electron chi connectivity index (χ3n) is 4.37. The number of carbonyl (C=O) groups is 1. The molecule has 1 amide bonds. The molecule has 0 aromatic carbocycles. The summed E-state index contributed by atoms with van der Waals surface area (Å²) in [5.74, 6) is 0.541. The zero-order valence-electron chi connectivity index (χ0n) is 10.9. The lowest BCUT2D eigenvalue weighted by Crippen LogP contribution is -2.43. The molecule has 1 N–H and O–H groups in total. The highest BCUT2D eigenvalue weighted by Gasteiger charge is 2.38. The summed E-state index contributed by atoms with van der Waals surface area (Å²) >= 11 is 3.45. The van der Waals surface area contributed by atoms with Crippen molar-refractivity contribution in [1.82, 2.24) is 19.6 Å². The van der Waals surface area contributed by atoms with Gasteiger partial charge in [0.25, 0.3) is 5.91 Å². The van der Waals surface area contributed by atoms with Crippen LogP contribution in [0, 0.1) is 5.92 Å². The zero-order chi connectivity index (χ0) is 13.7. The Morgan fingerprint density at radius 1 is 1.45 bits per heavy atom. The van der Waals surface area contributed by atoms with E-state index in [1.807, 2.05) is 16.7 Å². The number of carbonyl (C=O) groups excluding carboxylic acids is 1. The Hall–Kier alpha value is -1.40. The highest BCUT2D eigenvalue weighted by molar-refractivity contribution is 9.10. The van der Waals surface area contributed by atoms with Crippen molar-refractivity contribution in [1.29, 1.82) is 0 Å². The summed E-state index contributed by atoms with van der Waals surface area (Å²) in [6, 6.07) is 2.23. The van der Waals surface area contributed by atoms with Gasteiger partial charge in [-0.3, -0.25) is 4.79 Å². The number of halogens is 1. The van der Waals surface area contributed by atoms with E-state index >= 15 is 0 Å². The molecule has 5 nitrogen and oxygen atoms in total. The summed E-state index contributed by atoms with van der Waals surface area (Å²) < 4.78 is 2.90. The molecule has 2 aliphatic heterocycles. The van der Waals surface area contributed by atoms with E-state index in [0.717, 1.165) is 23.1 Å². The van der Waals surface area contributed by atoms with E-state index < -0.39 is 0 Å². The van der Waals surface area contributed by atoms with Crippen LogP contribution in [0.5, 0.6) is 0 Å². The van der Waals surface area contributed by atoms with Crippen molar-refractivity contribution < 1.29 is 4.79 Å². The Labute approximate surface area is 125 Å². The number of nitrogens with zero attached hydrogens (tertiary/aromatic N) is 3. The number of hydrogen-bond donors (Lipinski definition) is 1. The van der Waals surface area contributed by atoms with Crippen LogP contribution in [0.1, 0.15) is 16.9 Å². The number of rotatable bonds is 2. The zero-order valence-corrected chi connectivity index (χ0v) is 12.5. The van der Waals surface area contributed by atoms with Crippen LogP contribution in [0.25, 0.3) is 5.52 Å². The van der Waals surface area contributed by atoms with Crippen LogP contribution >= 0.6 is 15.9 Å². The predicted octanol–water partition coefficient (Wildman–Crippen LogP) is 1.53. The molecule has 6 heteroatoms. The van der Waals surface area contributed by atoms with E-state index in [1.165, 1.54) is 13.0 Å². The summed E-state index contributed by atoms with van der Waals surface area (Å²) in [5, 5.41) is 3.13. The Balaban J connectivity index is 1.54. The minimum Gasteiger partial charge on any atom is -0.346 e. The van der Waals surface area contributed by atoms with Crippen molar-refractivity contribution in [2.45, 2.75) is 12.5 Å². The molecule has 104 valence electrons. The molecule has 2 saturated heterocycles. The van der Waals surface area contributed by atoms with Gasteiger partial charge in [0.2, 0.25) is 0 Å². The fraction of sp³-hybridized carbons (Fsp3) is 0.429. The van der Waals surface area contributed by atoms with Crippen LogP contribution in [-0.2, 0) is 0 Å². The first-order valence-electron chi connectivity index (χ1n) is 6.86. The second-order valence-corrected chi connectivity index (χ2v) is 6.47. The van der Waals surface area contributed by atoms with Crippen molar-refractivity contribution in [2.24, 2.45) is 5.92 Å². The first kappa shape index (κ1) is 12.3. The number of fused-ring (bicyclic) bond motifs is 3.